The maximum Gasteiger partial charge on any atom is 0.331 e. The van der Waals surface area contributed by atoms with Crippen LogP contribution in [-0.4, -0.2) is 13.1 Å². The fourth-order valence-electron chi connectivity index (χ4n) is 1.11. The largest absolute Gasteiger partial charge is 0.466 e. The Morgan fingerprint density at radius 3 is 2.94 bits per heavy atom. The van der Waals surface area contributed by atoms with E-state index in [-0.39, 0.29) is 0 Å². The summed E-state index contributed by atoms with van der Waals surface area (Å²) in [4.78, 5) is 10.8. The van der Waals surface area contributed by atoms with Gasteiger partial charge in [0.15, 0.2) is 0 Å². The molecule has 0 radical (unpaired) electrons. The lowest BCUT2D eigenvalue weighted by molar-refractivity contribution is -0.134. The van der Waals surface area contributed by atoms with Gasteiger partial charge < -0.3 is 10.1 Å². The van der Waals surface area contributed by atoms with E-state index in [2.05, 4.69) is 10.1 Å². The molecule has 0 aliphatic carbocycles. The Morgan fingerprint density at radius 2 is 2.31 bits per heavy atom. The molecule has 16 heavy (non-hydrogen) atoms. The average molecular weight is 216 g/mol. The molecule has 4 heteroatoms. The average Bonchev–Trinajstić information content (AvgIpc) is 2.31. The lowest BCUT2D eigenvalue weighted by Crippen LogP contribution is -1.97. The highest BCUT2D eigenvalue weighted by molar-refractivity contribution is 5.82. The van der Waals surface area contributed by atoms with E-state index in [1.54, 1.807) is 12.1 Å². The minimum absolute atomic E-state index is 0.429. The summed E-state index contributed by atoms with van der Waals surface area (Å²) in [5.41, 5.74) is 2.35. The molecule has 0 saturated heterocycles. The monoisotopic (exact) mass is 216 g/mol. The van der Waals surface area contributed by atoms with Crippen LogP contribution in [0.2, 0.25) is 0 Å². The fraction of sp³-hybridized carbons (Fsp3) is 0.167. The number of aryl methyl sites for hydroxylation is 1. The first-order valence-electron chi connectivity index (χ1n) is 4.69. The molecule has 0 atom stereocenters. The second-order valence-electron chi connectivity index (χ2n) is 3.14. The van der Waals surface area contributed by atoms with Crippen molar-refractivity contribution >= 4 is 11.7 Å². The van der Waals surface area contributed by atoms with Gasteiger partial charge in [-0.15, -0.1) is 0 Å². The van der Waals surface area contributed by atoms with Crippen LogP contribution in [0.3, 0.4) is 0 Å². The van der Waals surface area contributed by atoms with E-state index >= 15 is 0 Å². The summed E-state index contributed by atoms with van der Waals surface area (Å²) in [6.07, 6.45) is 2.76. The van der Waals surface area contributed by atoms with Crippen LogP contribution in [0, 0.1) is 18.3 Å². The second-order valence-corrected chi connectivity index (χ2v) is 3.14. The highest BCUT2D eigenvalue weighted by Gasteiger charge is 1.98. The SMILES string of the molecule is COC(=O)/C=C/Nc1cc(C#N)ccc1C. The summed E-state index contributed by atoms with van der Waals surface area (Å²) in [7, 11) is 1.31. The number of carbonyl (C=O) groups excluding carboxylic acids is 1. The topological polar surface area (TPSA) is 62.1 Å². The lowest BCUT2D eigenvalue weighted by Gasteiger charge is -2.05. The maximum absolute atomic E-state index is 10.8. The van der Waals surface area contributed by atoms with Crippen molar-refractivity contribution in [1.82, 2.24) is 0 Å². The third kappa shape index (κ3) is 3.14. The zero-order valence-corrected chi connectivity index (χ0v) is 9.15. The number of nitriles is 1. The zero-order chi connectivity index (χ0) is 12.0. The molecule has 82 valence electrons. The number of carbonyl (C=O) groups is 1. The lowest BCUT2D eigenvalue weighted by atomic mass is 10.1. The van der Waals surface area contributed by atoms with E-state index < -0.39 is 5.97 Å². The number of anilines is 1. The van der Waals surface area contributed by atoms with Crippen LogP contribution >= 0.6 is 0 Å². The Bertz CT molecular complexity index is 459. The van der Waals surface area contributed by atoms with Gasteiger partial charge in [-0.2, -0.15) is 5.26 Å². The van der Waals surface area contributed by atoms with Crippen molar-refractivity contribution in [1.29, 1.82) is 5.26 Å². The Hall–Kier alpha value is -2.28. The van der Waals surface area contributed by atoms with E-state index in [9.17, 15) is 4.79 Å². The first-order chi connectivity index (χ1) is 7.67. The van der Waals surface area contributed by atoms with Crippen molar-refractivity contribution < 1.29 is 9.53 Å². The molecule has 4 nitrogen and oxygen atoms in total. The van der Waals surface area contributed by atoms with E-state index in [1.807, 2.05) is 19.1 Å². The summed E-state index contributed by atoms with van der Waals surface area (Å²) in [5.74, 6) is -0.429. The fourth-order valence-corrected chi connectivity index (χ4v) is 1.11. The predicted octanol–water partition coefficient (Wildman–Crippen LogP) is 1.97. The van der Waals surface area contributed by atoms with Gasteiger partial charge in [0.2, 0.25) is 0 Å². The van der Waals surface area contributed by atoms with Gasteiger partial charge in [0.05, 0.1) is 18.7 Å². The van der Waals surface area contributed by atoms with Gasteiger partial charge in [-0.1, -0.05) is 6.07 Å². The summed E-state index contributed by atoms with van der Waals surface area (Å²) in [5, 5.41) is 11.7. The van der Waals surface area contributed by atoms with Crippen molar-refractivity contribution in [2.24, 2.45) is 0 Å². The molecule has 0 aromatic heterocycles. The van der Waals surface area contributed by atoms with Crippen molar-refractivity contribution in [3.8, 4) is 6.07 Å². The van der Waals surface area contributed by atoms with Crippen LogP contribution in [0.25, 0.3) is 0 Å². The smallest absolute Gasteiger partial charge is 0.331 e. The van der Waals surface area contributed by atoms with Gasteiger partial charge in [0, 0.05) is 18.0 Å². The molecular weight excluding hydrogens is 204 g/mol. The maximum atomic E-state index is 10.8. The van der Waals surface area contributed by atoms with Crippen LogP contribution in [0.15, 0.2) is 30.5 Å². The number of nitrogens with zero attached hydrogens (tertiary/aromatic N) is 1. The summed E-state index contributed by atoms with van der Waals surface area (Å²) in [6.45, 7) is 1.91. The molecule has 1 rings (SSSR count). The standard InChI is InChI=1S/C12H12N2O2/c1-9-3-4-10(8-13)7-11(9)14-6-5-12(15)16-2/h3-7,14H,1-2H3/b6-5+. The van der Waals surface area contributed by atoms with E-state index in [1.165, 1.54) is 19.4 Å². The molecule has 1 N–H and O–H groups in total. The highest BCUT2D eigenvalue weighted by Crippen LogP contribution is 2.16. The predicted molar refractivity (Wildman–Crippen MR) is 60.7 cm³/mol. The number of benzene rings is 1. The van der Waals surface area contributed by atoms with Gasteiger partial charge in [0.25, 0.3) is 0 Å². The van der Waals surface area contributed by atoms with Crippen molar-refractivity contribution in [3.05, 3.63) is 41.6 Å². The Balaban J connectivity index is 2.77. The number of ether oxygens (including phenoxy) is 1. The molecule has 0 unspecified atom stereocenters. The van der Waals surface area contributed by atoms with Crippen LogP contribution in [-0.2, 0) is 9.53 Å². The second kappa shape index (κ2) is 5.56. The third-order valence-electron chi connectivity index (χ3n) is 2.03. The minimum atomic E-state index is -0.429. The number of hydrogen-bond acceptors (Lipinski definition) is 4. The van der Waals surface area contributed by atoms with E-state index in [4.69, 9.17) is 5.26 Å². The molecular formula is C12H12N2O2. The van der Waals surface area contributed by atoms with Crippen molar-refractivity contribution in [3.63, 3.8) is 0 Å². The summed E-state index contributed by atoms with van der Waals surface area (Å²) < 4.78 is 4.45. The van der Waals surface area contributed by atoms with Crippen LogP contribution in [0.5, 0.6) is 0 Å². The molecule has 1 aromatic rings. The summed E-state index contributed by atoms with van der Waals surface area (Å²) >= 11 is 0. The number of methoxy groups -OCH3 is 1. The zero-order valence-electron chi connectivity index (χ0n) is 9.15. The number of hydrogen-bond donors (Lipinski definition) is 1. The Morgan fingerprint density at radius 1 is 1.56 bits per heavy atom. The normalized spacial score (nSPS) is 9.81. The van der Waals surface area contributed by atoms with Gasteiger partial charge >= 0.3 is 5.97 Å². The van der Waals surface area contributed by atoms with Crippen LogP contribution in [0.1, 0.15) is 11.1 Å². The molecule has 0 aliphatic heterocycles. The number of nitrogens with one attached hydrogen (secondary N) is 1. The first-order valence-corrected chi connectivity index (χ1v) is 4.69. The Labute approximate surface area is 94.1 Å². The van der Waals surface area contributed by atoms with Crippen molar-refractivity contribution in [2.75, 3.05) is 12.4 Å². The highest BCUT2D eigenvalue weighted by atomic mass is 16.5. The molecule has 0 fully saturated rings. The van der Waals surface area contributed by atoms with Crippen LogP contribution < -0.4 is 5.32 Å². The molecule has 0 bridgehead atoms. The van der Waals surface area contributed by atoms with E-state index in [0.717, 1.165) is 11.3 Å². The molecule has 0 aliphatic rings. The first kappa shape index (κ1) is 11.8. The van der Waals surface area contributed by atoms with Gasteiger partial charge in [-0.25, -0.2) is 4.79 Å². The van der Waals surface area contributed by atoms with Gasteiger partial charge in [-0.3, -0.25) is 0 Å². The van der Waals surface area contributed by atoms with Gasteiger partial charge in [-0.05, 0) is 24.6 Å². The van der Waals surface area contributed by atoms with E-state index in [0.29, 0.717) is 5.56 Å². The molecule has 0 amide bonds. The molecule has 0 spiro atoms. The Kier molecular flexibility index (Phi) is 4.10. The summed E-state index contributed by atoms with van der Waals surface area (Å²) in [6, 6.07) is 7.35. The minimum Gasteiger partial charge on any atom is -0.466 e. The quantitative estimate of drug-likeness (QED) is 0.619. The van der Waals surface area contributed by atoms with Gasteiger partial charge in [0.1, 0.15) is 0 Å². The number of rotatable bonds is 3. The molecule has 0 heterocycles. The van der Waals surface area contributed by atoms with Crippen molar-refractivity contribution in [2.45, 2.75) is 6.92 Å². The molecule has 0 saturated carbocycles. The number of esters is 1. The third-order valence-corrected chi connectivity index (χ3v) is 2.03. The van der Waals surface area contributed by atoms with Crippen LogP contribution in [0.4, 0.5) is 5.69 Å². The molecule has 1 aromatic carbocycles.